The highest BCUT2D eigenvalue weighted by Crippen LogP contribution is 2.26. The molecule has 130 valence electrons. The van der Waals surface area contributed by atoms with Crippen LogP contribution in [0.4, 0.5) is 0 Å². The first-order valence-electron chi connectivity index (χ1n) is 8.62. The average molecular weight is 350 g/mol. The topological polar surface area (TPSA) is 66.6 Å². The van der Waals surface area contributed by atoms with Crippen molar-refractivity contribution in [2.45, 2.75) is 44.2 Å². The Hall–Kier alpha value is -1.59. The number of halogens is 1. The SMILES string of the molecule is NC(=O)C1CCCN1C1CCN(C(=O)Cc2cccc(Cl)c2)CC1. The molecule has 24 heavy (non-hydrogen) atoms. The number of likely N-dealkylation sites (tertiary alicyclic amines) is 2. The van der Waals surface area contributed by atoms with Crippen LogP contribution in [-0.4, -0.2) is 53.3 Å². The number of hydrogen-bond acceptors (Lipinski definition) is 3. The van der Waals surface area contributed by atoms with Gasteiger partial charge in [-0.2, -0.15) is 0 Å². The van der Waals surface area contributed by atoms with Gasteiger partial charge in [0.1, 0.15) is 0 Å². The van der Waals surface area contributed by atoms with Crippen molar-refractivity contribution in [3.63, 3.8) is 0 Å². The second-order valence-corrected chi connectivity index (χ2v) is 7.15. The molecule has 1 unspecified atom stereocenters. The second-order valence-electron chi connectivity index (χ2n) is 6.72. The zero-order chi connectivity index (χ0) is 17.1. The molecule has 2 aliphatic rings. The average Bonchev–Trinajstić information content (AvgIpc) is 3.05. The first kappa shape index (κ1) is 17.2. The Labute approximate surface area is 147 Å². The maximum atomic E-state index is 12.5. The lowest BCUT2D eigenvalue weighted by Crippen LogP contribution is -2.51. The lowest BCUT2D eigenvalue weighted by Gasteiger charge is -2.38. The molecule has 2 fully saturated rings. The van der Waals surface area contributed by atoms with E-state index in [0.717, 1.165) is 50.9 Å². The van der Waals surface area contributed by atoms with Crippen LogP contribution in [0.3, 0.4) is 0 Å². The zero-order valence-electron chi connectivity index (χ0n) is 13.8. The first-order valence-corrected chi connectivity index (χ1v) is 8.99. The molecule has 0 saturated carbocycles. The lowest BCUT2D eigenvalue weighted by atomic mass is 10.0. The van der Waals surface area contributed by atoms with Gasteiger partial charge in [0, 0.05) is 24.2 Å². The molecular formula is C18H24ClN3O2. The van der Waals surface area contributed by atoms with Crippen molar-refractivity contribution >= 4 is 23.4 Å². The predicted molar refractivity (Wildman–Crippen MR) is 93.7 cm³/mol. The monoisotopic (exact) mass is 349 g/mol. The third kappa shape index (κ3) is 3.90. The Morgan fingerprint density at radius 1 is 1.17 bits per heavy atom. The second kappa shape index (κ2) is 7.53. The molecule has 2 amide bonds. The molecule has 2 aliphatic heterocycles. The van der Waals surface area contributed by atoms with Gasteiger partial charge in [-0.25, -0.2) is 0 Å². The normalized spacial score (nSPS) is 22.7. The number of hydrogen-bond donors (Lipinski definition) is 1. The molecule has 1 atom stereocenters. The van der Waals surface area contributed by atoms with E-state index in [2.05, 4.69) is 4.90 Å². The highest BCUT2D eigenvalue weighted by atomic mass is 35.5. The van der Waals surface area contributed by atoms with Crippen LogP contribution in [0.25, 0.3) is 0 Å². The van der Waals surface area contributed by atoms with Gasteiger partial charge in [-0.15, -0.1) is 0 Å². The van der Waals surface area contributed by atoms with Crippen molar-refractivity contribution in [1.82, 2.24) is 9.80 Å². The maximum absolute atomic E-state index is 12.5. The minimum absolute atomic E-state index is 0.122. The number of nitrogens with zero attached hydrogens (tertiary/aromatic N) is 2. The van der Waals surface area contributed by atoms with E-state index in [1.54, 1.807) is 0 Å². The van der Waals surface area contributed by atoms with Crippen molar-refractivity contribution in [2.24, 2.45) is 5.73 Å². The molecule has 0 radical (unpaired) electrons. The van der Waals surface area contributed by atoms with Gasteiger partial charge in [0.05, 0.1) is 12.5 Å². The summed E-state index contributed by atoms with van der Waals surface area (Å²) in [5.41, 5.74) is 6.46. The number of piperidine rings is 1. The van der Waals surface area contributed by atoms with Gasteiger partial charge >= 0.3 is 0 Å². The van der Waals surface area contributed by atoms with Gasteiger partial charge in [-0.05, 0) is 49.9 Å². The van der Waals surface area contributed by atoms with Crippen molar-refractivity contribution in [2.75, 3.05) is 19.6 Å². The minimum atomic E-state index is -0.216. The number of nitrogens with two attached hydrogens (primary N) is 1. The number of benzene rings is 1. The van der Waals surface area contributed by atoms with Crippen molar-refractivity contribution < 1.29 is 9.59 Å². The van der Waals surface area contributed by atoms with Crippen LogP contribution in [-0.2, 0) is 16.0 Å². The zero-order valence-corrected chi connectivity index (χ0v) is 14.5. The van der Waals surface area contributed by atoms with E-state index in [1.807, 2.05) is 29.2 Å². The van der Waals surface area contributed by atoms with E-state index >= 15 is 0 Å². The third-order valence-corrected chi connectivity index (χ3v) is 5.39. The van der Waals surface area contributed by atoms with Crippen LogP contribution in [0, 0.1) is 0 Å². The smallest absolute Gasteiger partial charge is 0.234 e. The van der Waals surface area contributed by atoms with Crippen molar-refractivity contribution in [3.05, 3.63) is 34.9 Å². The Kier molecular flexibility index (Phi) is 5.41. The highest BCUT2D eigenvalue weighted by Gasteiger charge is 2.36. The Balaban J connectivity index is 1.53. The summed E-state index contributed by atoms with van der Waals surface area (Å²) in [6.45, 7) is 2.42. The van der Waals surface area contributed by atoms with Crippen molar-refractivity contribution in [1.29, 1.82) is 0 Å². The summed E-state index contributed by atoms with van der Waals surface area (Å²) in [6, 6.07) is 7.69. The van der Waals surface area contributed by atoms with Gasteiger partial charge < -0.3 is 10.6 Å². The summed E-state index contributed by atoms with van der Waals surface area (Å²) in [7, 11) is 0. The first-order chi connectivity index (χ1) is 11.5. The van der Waals surface area contributed by atoms with Crippen LogP contribution in [0.2, 0.25) is 5.02 Å². The molecule has 2 N–H and O–H groups in total. The number of rotatable bonds is 4. The van der Waals surface area contributed by atoms with Crippen LogP contribution < -0.4 is 5.73 Å². The van der Waals surface area contributed by atoms with Crippen LogP contribution in [0.1, 0.15) is 31.2 Å². The van der Waals surface area contributed by atoms with E-state index in [-0.39, 0.29) is 17.9 Å². The molecule has 5 nitrogen and oxygen atoms in total. The number of carbonyl (C=O) groups is 2. The van der Waals surface area contributed by atoms with E-state index in [9.17, 15) is 9.59 Å². The van der Waals surface area contributed by atoms with E-state index in [0.29, 0.717) is 17.5 Å². The molecule has 0 spiro atoms. The molecule has 2 saturated heterocycles. The Morgan fingerprint density at radius 2 is 1.92 bits per heavy atom. The van der Waals surface area contributed by atoms with E-state index < -0.39 is 0 Å². The van der Waals surface area contributed by atoms with E-state index in [1.165, 1.54) is 0 Å². The summed E-state index contributed by atoms with van der Waals surface area (Å²) in [6.07, 6.45) is 4.10. The number of primary amides is 1. The molecule has 0 aromatic heterocycles. The maximum Gasteiger partial charge on any atom is 0.234 e. The lowest BCUT2D eigenvalue weighted by molar-refractivity contribution is -0.133. The molecule has 1 aromatic rings. The fourth-order valence-electron chi connectivity index (χ4n) is 3.91. The Morgan fingerprint density at radius 3 is 2.58 bits per heavy atom. The summed E-state index contributed by atoms with van der Waals surface area (Å²) >= 11 is 5.98. The molecule has 0 aliphatic carbocycles. The predicted octanol–water partition coefficient (Wildman–Crippen LogP) is 1.82. The van der Waals surface area contributed by atoms with Gasteiger partial charge in [-0.3, -0.25) is 14.5 Å². The molecule has 3 rings (SSSR count). The molecule has 2 heterocycles. The summed E-state index contributed by atoms with van der Waals surface area (Å²) < 4.78 is 0. The van der Waals surface area contributed by atoms with Crippen LogP contribution in [0.15, 0.2) is 24.3 Å². The quantitative estimate of drug-likeness (QED) is 0.901. The molecule has 1 aromatic carbocycles. The van der Waals surface area contributed by atoms with Crippen LogP contribution >= 0.6 is 11.6 Å². The summed E-state index contributed by atoms with van der Waals surface area (Å²) in [4.78, 5) is 28.2. The fraction of sp³-hybridized carbons (Fsp3) is 0.556. The number of carbonyl (C=O) groups excluding carboxylic acids is 2. The number of amides is 2. The van der Waals surface area contributed by atoms with E-state index in [4.69, 9.17) is 17.3 Å². The standard InChI is InChI=1S/C18H24ClN3O2/c19-14-4-1-3-13(11-14)12-17(23)21-9-6-15(7-10-21)22-8-2-5-16(22)18(20)24/h1,3-4,11,15-16H,2,5-10,12H2,(H2,20,24). The van der Waals surface area contributed by atoms with Crippen LogP contribution in [0.5, 0.6) is 0 Å². The van der Waals surface area contributed by atoms with Gasteiger partial charge in [-0.1, -0.05) is 23.7 Å². The largest absolute Gasteiger partial charge is 0.368 e. The molecular weight excluding hydrogens is 326 g/mol. The van der Waals surface area contributed by atoms with Gasteiger partial charge in [0.2, 0.25) is 11.8 Å². The van der Waals surface area contributed by atoms with Crippen molar-refractivity contribution in [3.8, 4) is 0 Å². The Bertz CT molecular complexity index is 614. The summed E-state index contributed by atoms with van der Waals surface area (Å²) in [5, 5.41) is 0.658. The molecule has 0 bridgehead atoms. The summed E-state index contributed by atoms with van der Waals surface area (Å²) in [5.74, 6) is -0.0736. The molecule has 6 heteroatoms. The van der Waals surface area contributed by atoms with Gasteiger partial charge in [0.15, 0.2) is 0 Å². The third-order valence-electron chi connectivity index (χ3n) is 5.15. The highest BCUT2D eigenvalue weighted by molar-refractivity contribution is 6.30. The fourth-order valence-corrected chi connectivity index (χ4v) is 4.12. The van der Waals surface area contributed by atoms with Gasteiger partial charge in [0.25, 0.3) is 0 Å². The minimum Gasteiger partial charge on any atom is -0.368 e.